The largest absolute Gasteiger partial charge is 0.481 e. The van der Waals surface area contributed by atoms with Gasteiger partial charge in [-0.25, -0.2) is 0 Å². The van der Waals surface area contributed by atoms with Crippen LogP contribution in [0.2, 0.25) is 0 Å². The van der Waals surface area contributed by atoms with E-state index >= 15 is 0 Å². The highest BCUT2D eigenvalue weighted by Crippen LogP contribution is 2.55. The molecule has 0 fully saturated rings. The molecular weight excluding hydrogens is 451 g/mol. The maximum absolute atomic E-state index is 13.4. The first-order chi connectivity index (χ1) is 15.6. The van der Waals surface area contributed by atoms with Crippen molar-refractivity contribution in [3.05, 3.63) is 48.5 Å². The quantitative estimate of drug-likeness (QED) is 0.397. The average Bonchev–Trinajstić information content (AvgIpc) is 2.77. The fourth-order valence-electron chi connectivity index (χ4n) is 3.20. The Labute approximate surface area is 192 Å². The minimum absolute atomic E-state index is 0.00667. The summed E-state index contributed by atoms with van der Waals surface area (Å²) in [6, 6.07) is 14.0. The fourth-order valence-corrected chi connectivity index (χ4v) is 5.79. The highest BCUT2D eigenvalue weighted by Gasteiger charge is 2.40. The number of ether oxygens (including phenoxy) is 1. The van der Waals surface area contributed by atoms with Crippen LogP contribution in [0.1, 0.15) is 20.3 Å². The van der Waals surface area contributed by atoms with Gasteiger partial charge in [-0.1, -0.05) is 36.4 Å². The van der Waals surface area contributed by atoms with Crippen LogP contribution in [-0.2, 0) is 18.9 Å². The SMILES string of the molecule is CC(O)COC(C)CO.O=C(O)CC(CP1(=O)Oc2ccccc2-c2ccccc21)C(=O)O. The molecule has 4 atom stereocenters. The van der Waals surface area contributed by atoms with Gasteiger partial charge in [0.2, 0.25) is 0 Å². The van der Waals surface area contributed by atoms with Crippen molar-refractivity contribution in [1.29, 1.82) is 0 Å². The lowest BCUT2D eigenvalue weighted by Gasteiger charge is -2.29. The Kier molecular flexibility index (Phi) is 9.61. The van der Waals surface area contributed by atoms with Crippen LogP contribution in [0.5, 0.6) is 5.75 Å². The molecule has 1 heterocycles. The molecular formula is C23H29O9P. The zero-order valence-electron chi connectivity index (χ0n) is 18.5. The van der Waals surface area contributed by atoms with Crippen molar-refractivity contribution in [3.63, 3.8) is 0 Å². The first-order valence-corrected chi connectivity index (χ1v) is 12.2. The van der Waals surface area contributed by atoms with Crippen molar-refractivity contribution < 1.29 is 43.8 Å². The average molecular weight is 480 g/mol. The molecule has 4 unspecified atom stereocenters. The maximum Gasteiger partial charge on any atom is 0.307 e. The highest BCUT2D eigenvalue weighted by molar-refractivity contribution is 7.67. The second kappa shape index (κ2) is 12.0. The van der Waals surface area contributed by atoms with Gasteiger partial charge in [-0.2, -0.15) is 0 Å². The van der Waals surface area contributed by atoms with Gasteiger partial charge in [0.05, 0.1) is 49.2 Å². The van der Waals surface area contributed by atoms with Crippen molar-refractivity contribution in [2.24, 2.45) is 5.92 Å². The summed E-state index contributed by atoms with van der Waals surface area (Å²) in [6.07, 6.45) is -1.58. The van der Waals surface area contributed by atoms with Crippen LogP contribution in [0.3, 0.4) is 0 Å². The zero-order valence-corrected chi connectivity index (χ0v) is 19.4. The predicted octanol–water partition coefficient (Wildman–Crippen LogP) is 2.59. The molecule has 0 amide bonds. The lowest BCUT2D eigenvalue weighted by atomic mass is 10.0. The van der Waals surface area contributed by atoms with Gasteiger partial charge >= 0.3 is 11.9 Å². The summed E-state index contributed by atoms with van der Waals surface area (Å²) in [5.41, 5.74) is 1.51. The Bertz CT molecular complexity index is 1000. The summed E-state index contributed by atoms with van der Waals surface area (Å²) in [5.74, 6) is -3.42. The molecule has 180 valence electrons. The molecule has 0 aliphatic carbocycles. The molecule has 10 heteroatoms. The number of hydrogen-bond donors (Lipinski definition) is 4. The number of aliphatic hydroxyl groups is 2. The van der Waals surface area contributed by atoms with E-state index in [1.54, 1.807) is 50.2 Å². The summed E-state index contributed by atoms with van der Waals surface area (Å²) in [4.78, 5) is 22.3. The molecule has 33 heavy (non-hydrogen) atoms. The van der Waals surface area contributed by atoms with Crippen molar-refractivity contribution >= 4 is 24.6 Å². The monoisotopic (exact) mass is 480 g/mol. The van der Waals surface area contributed by atoms with Crippen LogP contribution in [0.15, 0.2) is 48.5 Å². The van der Waals surface area contributed by atoms with Gasteiger partial charge in [-0.05, 0) is 31.5 Å². The Morgan fingerprint density at radius 3 is 2.21 bits per heavy atom. The number of rotatable bonds is 9. The van der Waals surface area contributed by atoms with E-state index in [1.807, 2.05) is 12.1 Å². The molecule has 0 aromatic heterocycles. The summed E-state index contributed by atoms with van der Waals surface area (Å²) in [6.45, 7) is 3.70. The zero-order chi connectivity index (χ0) is 24.6. The number of hydrogen-bond acceptors (Lipinski definition) is 7. The van der Waals surface area contributed by atoms with Crippen molar-refractivity contribution in [3.8, 4) is 16.9 Å². The first kappa shape index (κ1) is 26.5. The van der Waals surface area contributed by atoms with Crippen LogP contribution in [0.4, 0.5) is 0 Å². The van der Waals surface area contributed by atoms with Crippen LogP contribution >= 0.6 is 7.37 Å². The molecule has 4 N–H and O–H groups in total. The number of fused-ring (bicyclic) bond motifs is 3. The van der Waals surface area contributed by atoms with Gasteiger partial charge in [-0.15, -0.1) is 0 Å². The second-order valence-electron chi connectivity index (χ2n) is 7.77. The van der Waals surface area contributed by atoms with Gasteiger partial charge in [0.25, 0.3) is 7.37 Å². The van der Waals surface area contributed by atoms with Crippen LogP contribution < -0.4 is 9.83 Å². The summed E-state index contributed by atoms with van der Waals surface area (Å²) >= 11 is 0. The second-order valence-corrected chi connectivity index (χ2v) is 10.1. The molecule has 9 nitrogen and oxygen atoms in total. The van der Waals surface area contributed by atoms with Crippen LogP contribution in [0.25, 0.3) is 11.1 Å². The van der Waals surface area contributed by atoms with Gasteiger partial charge in [0, 0.05) is 5.56 Å². The van der Waals surface area contributed by atoms with Gasteiger partial charge in [0.15, 0.2) is 0 Å². The minimum Gasteiger partial charge on any atom is -0.481 e. The van der Waals surface area contributed by atoms with Crippen molar-refractivity contribution in [1.82, 2.24) is 0 Å². The first-order valence-electron chi connectivity index (χ1n) is 10.4. The van der Waals surface area contributed by atoms with Gasteiger partial charge in [0.1, 0.15) is 5.75 Å². The number of para-hydroxylation sites is 1. The number of carboxylic acid groups (broad SMARTS) is 2. The molecule has 2 aromatic carbocycles. The highest BCUT2D eigenvalue weighted by atomic mass is 31.2. The van der Waals surface area contributed by atoms with Crippen molar-refractivity contribution in [2.45, 2.75) is 32.5 Å². The lowest BCUT2D eigenvalue weighted by Crippen LogP contribution is -2.28. The van der Waals surface area contributed by atoms with Gasteiger partial charge in [-0.3, -0.25) is 14.2 Å². The van der Waals surface area contributed by atoms with Crippen LogP contribution in [0, 0.1) is 5.92 Å². The standard InChI is InChI=1S/C17H15O6P.C6H14O3/c18-16(19)9-11(17(20)21)10-24(22)15-8-4-2-6-13(15)12-5-1-3-7-14(12)23-24;1-5(8)4-9-6(2)3-7/h1-8,11H,9-10H2,(H,18,19)(H,20,21);5-8H,3-4H2,1-2H3. The summed E-state index contributed by atoms with van der Waals surface area (Å²) in [7, 11) is -3.55. The van der Waals surface area contributed by atoms with E-state index in [2.05, 4.69) is 0 Å². The van der Waals surface area contributed by atoms with E-state index in [1.165, 1.54) is 0 Å². The summed E-state index contributed by atoms with van der Waals surface area (Å²) in [5, 5.41) is 35.7. The minimum atomic E-state index is -3.55. The molecule has 0 saturated carbocycles. The van der Waals surface area contributed by atoms with E-state index in [4.69, 9.17) is 24.6 Å². The maximum atomic E-state index is 13.4. The number of carboxylic acids is 2. The number of carbonyl (C=O) groups is 2. The normalized spacial score (nSPS) is 18.9. The van der Waals surface area contributed by atoms with E-state index in [-0.39, 0.29) is 18.9 Å². The Morgan fingerprint density at radius 1 is 1.03 bits per heavy atom. The molecule has 3 rings (SSSR count). The molecule has 0 radical (unpaired) electrons. The fraction of sp³-hybridized carbons (Fsp3) is 0.391. The number of benzene rings is 2. The Balaban J connectivity index is 0.000000365. The van der Waals surface area contributed by atoms with Gasteiger partial charge < -0.3 is 29.7 Å². The van der Waals surface area contributed by atoms with E-state index in [0.29, 0.717) is 17.7 Å². The lowest BCUT2D eigenvalue weighted by molar-refractivity contribution is -0.147. The molecule has 1 aliphatic rings. The number of aliphatic carboxylic acids is 2. The van der Waals surface area contributed by atoms with E-state index in [0.717, 1.165) is 11.1 Å². The van der Waals surface area contributed by atoms with Crippen LogP contribution in [-0.4, -0.2) is 63.9 Å². The smallest absolute Gasteiger partial charge is 0.307 e. The summed E-state index contributed by atoms with van der Waals surface area (Å²) < 4.78 is 24.1. The third-order valence-electron chi connectivity index (χ3n) is 4.80. The predicted molar refractivity (Wildman–Crippen MR) is 122 cm³/mol. The molecule has 0 bridgehead atoms. The Hall–Kier alpha value is -2.71. The van der Waals surface area contributed by atoms with E-state index < -0.39 is 37.8 Å². The Morgan fingerprint density at radius 2 is 1.64 bits per heavy atom. The van der Waals surface area contributed by atoms with Crippen molar-refractivity contribution in [2.75, 3.05) is 19.4 Å². The molecule has 0 saturated heterocycles. The molecule has 2 aromatic rings. The third-order valence-corrected chi connectivity index (χ3v) is 7.34. The van der Waals surface area contributed by atoms with E-state index in [9.17, 15) is 19.3 Å². The molecule has 0 spiro atoms. The number of aliphatic hydroxyl groups excluding tert-OH is 2. The molecule has 1 aliphatic heterocycles. The third kappa shape index (κ3) is 7.40. The topological polar surface area (TPSA) is 151 Å².